The van der Waals surface area contributed by atoms with Crippen LogP contribution in [0.2, 0.25) is 0 Å². The van der Waals surface area contributed by atoms with Crippen molar-refractivity contribution in [2.45, 2.75) is 18.9 Å². The van der Waals surface area contributed by atoms with Crippen LogP contribution in [0.4, 0.5) is 5.69 Å². The van der Waals surface area contributed by atoms with Crippen molar-refractivity contribution in [1.29, 1.82) is 0 Å². The smallest absolute Gasteiger partial charge is 0.276 e. The Balaban J connectivity index is 1.47. The highest BCUT2D eigenvalue weighted by Gasteiger charge is 2.33. The van der Waals surface area contributed by atoms with Crippen LogP contribution in [0, 0.1) is 16.0 Å². The number of nitro groups is 1. The molecule has 0 radical (unpaired) electrons. The van der Waals surface area contributed by atoms with Crippen molar-refractivity contribution in [3.63, 3.8) is 0 Å². The molecule has 3 heterocycles. The molecule has 2 aliphatic heterocycles. The van der Waals surface area contributed by atoms with Gasteiger partial charge in [-0.3, -0.25) is 19.8 Å². The lowest BCUT2D eigenvalue weighted by Gasteiger charge is -2.42. The summed E-state index contributed by atoms with van der Waals surface area (Å²) >= 11 is 0. The summed E-state index contributed by atoms with van der Waals surface area (Å²) in [5.41, 5.74) is 2.00. The van der Waals surface area contributed by atoms with Crippen LogP contribution in [0.15, 0.2) is 53.3 Å². The van der Waals surface area contributed by atoms with Crippen LogP contribution in [0.3, 0.4) is 0 Å². The van der Waals surface area contributed by atoms with Crippen molar-refractivity contribution >= 4 is 11.8 Å². The molecule has 0 saturated carbocycles. The van der Waals surface area contributed by atoms with E-state index in [0.717, 1.165) is 38.3 Å². The van der Waals surface area contributed by atoms with Crippen LogP contribution in [0.25, 0.3) is 6.08 Å². The molecule has 1 aromatic carbocycles. The van der Waals surface area contributed by atoms with E-state index in [2.05, 4.69) is 11.0 Å². The standard InChI is InChI=1S/C20H21N3O3/c24-20-9-3-8-18-17-11-15(13-22(18)20)12-21(14-17)10-4-6-16-5-1-2-7-19(16)23(25)26/h1-9,15,17H,10-14H2/b6-4+/t15-,17+/m1/s1. The van der Waals surface area contributed by atoms with E-state index in [0.29, 0.717) is 17.4 Å². The third-order valence-corrected chi connectivity index (χ3v) is 5.35. The van der Waals surface area contributed by atoms with Crippen LogP contribution >= 0.6 is 0 Å². The highest BCUT2D eigenvalue weighted by atomic mass is 16.6. The monoisotopic (exact) mass is 351 g/mol. The molecule has 2 aromatic rings. The first-order valence-corrected chi connectivity index (χ1v) is 8.94. The van der Waals surface area contributed by atoms with Crippen molar-refractivity contribution < 1.29 is 4.92 Å². The number of piperidine rings is 1. The average molecular weight is 351 g/mol. The predicted molar refractivity (Wildman–Crippen MR) is 100 cm³/mol. The maximum absolute atomic E-state index is 12.1. The minimum atomic E-state index is -0.348. The van der Waals surface area contributed by atoms with Crippen LogP contribution in [0.5, 0.6) is 0 Å². The number of rotatable bonds is 4. The first-order valence-electron chi connectivity index (χ1n) is 8.94. The number of pyridine rings is 1. The molecule has 6 heteroatoms. The fourth-order valence-electron chi connectivity index (χ4n) is 4.27. The molecule has 0 aliphatic carbocycles. The van der Waals surface area contributed by atoms with Gasteiger partial charge in [-0.2, -0.15) is 0 Å². The second-order valence-corrected chi connectivity index (χ2v) is 7.13. The van der Waals surface area contributed by atoms with Crippen molar-refractivity contribution in [3.8, 4) is 0 Å². The molecule has 1 fully saturated rings. The Labute approximate surface area is 151 Å². The topological polar surface area (TPSA) is 68.4 Å². The van der Waals surface area contributed by atoms with Crippen molar-refractivity contribution in [1.82, 2.24) is 9.47 Å². The molecule has 1 aromatic heterocycles. The lowest BCUT2D eigenvalue weighted by Crippen LogP contribution is -2.46. The van der Waals surface area contributed by atoms with Crippen LogP contribution in [-0.2, 0) is 6.54 Å². The summed E-state index contributed by atoms with van der Waals surface area (Å²) in [6.45, 7) is 3.42. The first-order chi connectivity index (χ1) is 12.6. The Morgan fingerprint density at radius 1 is 1.12 bits per heavy atom. The van der Waals surface area contributed by atoms with Gasteiger partial charge >= 0.3 is 0 Å². The van der Waals surface area contributed by atoms with Crippen LogP contribution in [-0.4, -0.2) is 34.0 Å². The van der Waals surface area contributed by atoms with Gasteiger partial charge in [0.1, 0.15) is 0 Å². The molecule has 6 nitrogen and oxygen atoms in total. The minimum Gasteiger partial charge on any atom is -0.312 e. The maximum Gasteiger partial charge on any atom is 0.276 e. The Kier molecular flexibility index (Phi) is 4.42. The molecule has 0 N–H and O–H groups in total. The largest absolute Gasteiger partial charge is 0.312 e. The number of aromatic nitrogens is 1. The van der Waals surface area contributed by atoms with Gasteiger partial charge in [0.2, 0.25) is 0 Å². The highest BCUT2D eigenvalue weighted by Crippen LogP contribution is 2.34. The third-order valence-electron chi connectivity index (χ3n) is 5.35. The SMILES string of the molecule is O=c1cccc2n1C[C@@H]1C[C@H]2CN(C/C=C/c2ccccc2[N+](=O)[O-])C1. The van der Waals surface area contributed by atoms with E-state index in [9.17, 15) is 14.9 Å². The summed E-state index contributed by atoms with van der Waals surface area (Å²) in [6.07, 6.45) is 4.97. The van der Waals surface area contributed by atoms with E-state index in [1.54, 1.807) is 18.2 Å². The molecule has 134 valence electrons. The van der Waals surface area contributed by atoms with E-state index in [1.807, 2.05) is 28.9 Å². The molecule has 0 unspecified atom stereocenters. The molecule has 2 aliphatic rings. The summed E-state index contributed by atoms with van der Waals surface area (Å²) in [7, 11) is 0. The third kappa shape index (κ3) is 3.20. The Morgan fingerprint density at radius 3 is 2.81 bits per heavy atom. The molecule has 4 rings (SSSR count). The van der Waals surface area contributed by atoms with Crippen molar-refractivity contribution in [3.05, 3.63) is 80.3 Å². The van der Waals surface area contributed by atoms with Gasteiger partial charge in [-0.05, 0) is 24.5 Å². The van der Waals surface area contributed by atoms with Gasteiger partial charge in [-0.25, -0.2) is 0 Å². The molecule has 1 saturated heterocycles. The number of benzene rings is 1. The summed E-state index contributed by atoms with van der Waals surface area (Å²) in [5.74, 6) is 0.872. The summed E-state index contributed by atoms with van der Waals surface area (Å²) in [4.78, 5) is 25.2. The lowest BCUT2D eigenvalue weighted by atomic mass is 9.83. The quantitative estimate of drug-likeness (QED) is 0.627. The normalized spacial score (nSPS) is 22.3. The number of hydrogen-bond donors (Lipinski definition) is 0. The van der Waals surface area contributed by atoms with E-state index in [1.165, 1.54) is 6.07 Å². The fourth-order valence-corrected chi connectivity index (χ4v) is 4.27. The zero-order chi connectivity index (χ0) is 18.1. The Hall–Kier alpha value is -2.73. The van der Waals surface area contributed by atoms with Gasteiger partial charge in [0.15, 0.2) is 0 Å². The van der Waals surface area contributed by atoms with Gasteiger partial charge in [0.05, 0.1) is 10.5 Å². The number of nitro benzene ring substituents is 1. The lowest BCUT2D eigenvalue weighted by molar-refractivity contribution is -0.385. The Bertz CT molecular complexity index is 919. The second-order valence-electron chi connectivity index (χ2n) is 7.13. The second kappa shape index (κ2) is 6.88. The molecule has 0 spiro atoms. The Morgan fingerprint density at radius 2 is 1.96 bits per heavy atom. The number of hydrogen-bond acceptors (Lipinski definition) is 4. The molecule has 2 atom stereocenters. The molecule has 0 amide bonds. The number of likely N-dealkylation sites (tertiary alicyclic amines) is 1. The summed E-state index contributed by atoms with van der Waals surface area (Å²) in [6, 6.07) is 12.3. The van der Waals surface area contributed by atoms with E-state index in [4.69, 9.17) is 0 Å². The van der Waals surface area contributed by atoms with Gasteiger partial charge < -0.3 is 4.57 Å². The summed E-state index contributed by atoms with van der Waals surface area (Å²) in [5, 5.41) is 11.1. The number of fused-ring (bicyclic) bond motifs is 4. The van der Waals surface area contributed by atoms with Gasteiger partial charge in [-0.1, -0.05) is 30.4 Å². The van der Waals surface area contributed by atoms with E-state index in [-0.39, 0.29) is 16.2 Å². The van der Waals surface area contributed by atoms with Crippen molar-refractivity contribution in [2.24, 2.45) is 5.92 Å². The number of nitrogens with zero attached hydrogens (tertiary/aromatic N) is 3. The average Bonchev–Trinajstić information content (AvgIpc) is 2.63. The predicted octanol–water partition coefficient (Wildman–Crippen LogP) is 2.89. The first kappa shape index (κ1) is 16.7. The fraction of sp³-hybridized carbons (Fsp3) is 0.350. The van der Waals surface area contributed by atoms with Gasteiger partial charge in [-0.15, -0.1) is 0 Å². The van der Waals surface area contributed by atoms with Crippen LogP contribution in [0.1, 0.15) is 23.6 Å². The maximum atomic E-state index is 12.1. The molecular weight excluding hydrogens is 330 g/mol. The van der Waals surface area contributed by atoms with Crippen molar-refractivity contribution in [2.75, 3.05) is 19.6 Å². The van der Waals surface area contributed by atoms with Crippen LogP contribution < -0.4 is 5.56 Å². The summed E-state index contributed by atoms with van der Waals surface area (Å²) < 4.78 is 1.93. The van der Waals surface area contributed by atoms with E-state index < -0.39 is 0 Å². The van der Waals surface area contributed by atoms with Gasteiger partial charge in [0, 0.05) is 49.9 Å². The van der Waals surface area contributed by atoms with E-state index >= 15 is 0 Å². The molecule has 26 heavy (non-hydrogen) atoms. The molecule has 2 bridgehead atoms. The number of para-hydroxylation sites is 1. The zero-order valence-corrected chi connectivity index (χ0v) is 14.5. The minimum absolute atomic E-state index is 0.0990. The van der Waals surface area contributed by atoms with Gasteiger partial charge in [0.25, 0.3) is 11.2 Å². The zero-order valence-electron chi connectivity index (χ0n) is 14.5. The molecular formula is C20H21N3O3. The highest BCUT2D eigenvalue weighted by molar-refractivity contribution is 5.60.